The summed E-state index contributed by atoms with van der Waals surface area (Å²) < 4.78 is 0. The molecule has 0 radical (unpaired) electrons. The Kier molecular flexibility index (Phi) is 3.89. The molecule has 0 bridgehead atoms. The third-order valence-electron chi connectivity index (χ3n) is 2.75. The number of rotatable bonds is 3. The number of benzene rings is 1. The lowest BCUT2D eigenvalue weighted by Gasteiger charge is -2.22. The summed E-state index contributed by atoms with van der Waals surface area (Å²) in [6, 6.07) is 5.87. The molecule has 0 spiro atoms. The average molecular weight is 208 g/mol. The van der Waals surface area contributed by atoms with Gasteiger partial charge in [-0.25, -0.2) is 0 Å². The van der Waals surface area contributed by atoms with Crippen molar-refractivity contribution in [1.82, 2.24) is 0 Å². The predicted octanol–water partition coefficient (Wildman–Crippen LogP) is 2.35. The Balaban J connectivity index is 2.96. The van der Waals surface area contributed by atoms with Gasteiger partial charge < -0.3 is 10.2 Å². The van der Waals surface area contributed by atoms with Crippen molar-refractivity contribution in [2.75, 3.05) is 0 Å². The highest BCUT2D eigenvalue weighted by Crippen LogP contribution is 2.25. The van der Waals surface area contributed by atoms with Crippen LogP contribution < -0.4 is 0 Å². The van der Waals surface area contributed by atoms with E-state index in [4.69, 9.17) is 0 Å². The Morgan fingerprint density at radius 2 is 1.67 bits per heavy atom. The maximum atomic E-state index is 9.98. The van der Waals surface area contributed by atoms with Gasteiger partial charge in [-0.05, 0) is 30.9 Å². The van der Waals surface area contributed by atoms with Crippen molar-refractivity contribution in [3.8, 4) is 0 Å². The number of aliphatic hydroxyl groups is 2. The molecule has 0 fully saturated rings. The maximum absolute atomic E-state index is 9.98. The largest absolute Gasteiger partial charge is 0.390 e. The van der Waals surface area contributed by atoms with Gasteiger partial charge in [0.15, 0.2) is 0 Å². The van der Waals surface area contributed by atoms with E-state index in [-0.39, 0.29) is 5.92 Å². The van der Waals surface area contributed by atoms with Crippen molar-refractivity contribution in [2.24, 2.45) is 5.92 Å². The van der Waals surface area contributed by atoms with Crippen LogP contribution in [-0.4, -0.2) is 16.3 Å². The fourth-order valence-electron chi connectivity index (χ4n) is 1.71. The van der Waals surface area contributed by atoms with E-state index in [0.29, 0.717) is 0 Å². The highest BCUT2D eigenvalue weighted by atomic mass is 16.3. The molecule has 1 rings (SSSR count). The standard InChI is InChI=1S/C13H20O2/c1-8(2)12(14)13(15)11-6-5-9(3)7-10(11)4/h5-8,12-15H,1-4H3. The molecule has 0 saturated heterocycles. The lowest BCUT2D eigenvalue weighted by atomic mass is 9.93. The van der Waals surface area contributed by atoms with Gasteiger partial charge in [0.25, 0.3) is 0 Å². The van der Waals surface area contributed by atoms with E-state index in [9.17, 15) is 10.2 Å². The summed E-state index contributed by atoms with van der Waals surface area (Å²) >= 11 is 0. The quantitative estimate of drug-likeness (QED) is 0.800. The zero-order valence-corrected chi connectivity index (χ0v) is 9.86. The van der Waals surface area contributed by atoms with E-state index in [1.54, 1.807) is 0 Å². The van der Waals surface area contributed by atoms with Crippen molar-refractivity contribution >= 4 is 0 Å². The van der Waals surface area contributed by atoms with E-state index >= 15 is 0 Å². The van der Waals surface area contributed by atoms with Gasteiger partial charge in [0.2, 0.25) is 0 Å². The van der Waals surface area contributed by atoms with Gasteiger partial charge in [-0.2, -0.15) is 0 Å². The highest BCUT2D eigenvalue weighted by Gasteiger charge is 2.22. The lowest BCUT2D eigenvalue weighted by molar-refractivity contribution is -0.00971. The van der Waals surface area contributed by atoms with Gasteiger partial charge in [-0.3, -0.25) is 0 Å². The molecule has 2 heteroatoms. The van der Waals surface area contributed by atoms with Crippen LogP contribution in [0.4, 0.5) is 0 Å². The summed E-state index contributed by atoms with van der Waals surface area (Å²) in [5, 5.41) is 19.8. The molecule has 0 heterocycles. The summed E-state index contributed by atoms with van der Waals surface area (Å²) in [6.45, 7) is 7.77. The normalized spacial score (nSPS) is 15.4. The smallest absolute Gasteiger partial charge is 0.105 e. The van der Waals surface area contributed by atoms with Crippen molar-refractivity contribution in [3.63, 3.8) is 0 Å². The van der Waals surface area contributed by atoms with Crippen molar-refractivity contribution in [1.29, 1.82) is 0 Å². The van der Waals surface area contributed by atoms with Crippen molar-refractivity contribution < 1.29 is 10.2 Å². The molecule has 2 unspecified atom stereocenters. The van der Waals surface area contributed by atoms with E-state index < -0.39 is 12.2 Å². The Labute approximate surface area is 91.6 Å². The molecule has 2 atom stereocenters. The second-order valence-corrected chi connectivity index (χ2v) is 4.54. The van der Waals surface area contributed by atoms with Crippen LogP contribution in [-0.2, 0) is 0 Å². The van der Waals surface area contributed by atoms with Crippen LogP contribution in [0.5, 0.6) is 0 Å². The second kappa shape index (κ2) is 4.77. The molecule has 0 aliphatic heterocycles. The van der Waals surface area contributed by atoms with Crippen LogP contribution in [0, 0.1) is 19.8 Å². The van der Waals surface area contributed by atoms with Gasteiger partial charge in [0, 0.05) is 0 Å². The molecule has 0 amide bonds. The minimum Gasteiger partial charge on any atom is -0.390 e. The minimum atomic E-state index is -0.786. The summed E-state index contributed by atoms with van der Waals surface area (Å²) in [4.78, 5) is 0. The van der Waals surface area contributed by atoms with Crippen LogP contribution in [0.1, 0.15) is 36.6 Å². The number of aryl methyl sites for hydroxylation is 2. The number of hydrogen-bond donors (Lipinski definition) is 2. The molecular weight excluding hydrogens is 188 g/mol. The SMILES string of the molecule is Cc1ccc(C(O)C(O)C(C)C)c(C)c1. The summed E-state index contributed by atoms with van der Waals surface area (Å²) in [6.07, 6.45) is -1.49. The molecule has 0 aliphatic rings. The lowest BCUT2D eigenvalue weighted by Crippen LogP contribution is -2.24. The molecule has 0 aliphatic carbocycles. The van der Waals surface area contributed by atoms with Crippen LogP contribution in [0.3, 0.4) is 0 Å². The van der Waals surface area contributed by atoms with Crippen LogP contribution >= 0.6 is 0 Å². The molecule has 2 nitrogen and oxygen atoms in total. The average Bonchev–Trinajstić information content (AvgIpc) is 2.15. The van der Waals surface area contributed by atoms with Crippen LogP contribution in [0.15, 0.2) is 18.2 Å². The highest BCUT2D eigenvalue weighted by molar-refractivity contribution is 5.32. The molecule has 1 aromatic rings. The topological polar surface area (TPSA) is 40.5 Å². The van der Waals surface area contributed by atoms with Crippen molar-refractivity contribution in [3.05, 3.63) is 34.9 Å². The Morgan fingerprint density at radius 3 is 2.13 bits per heavy atom. The van der Waals surface area contributed by atoms with E-state index in [1.165, 1.54) is 5.56 Å². The van der Waals surface area contributed by atoms with E-state index in [0.717, 1.165) is 11.1 Å². The fraction of sp³-hybridized carbons (Fsp3) is 0.538. The third-order valence-corrected chi connectivity index (χ3v) is 2.75. The maximum Gasteiger partial charge on any atom is 0.105 e. The van der Waals surface area contributed by atoms with E-state index in [2.05, 4.69) is 0 Å². The summed E-state index contributed by atoms with van der Waals surface area (Å²) in [5.74, 6) is 0.0562. The number of aliphatic hydroxyl groups excluding tert-OH is 2. The van der Waals surface area contributed by atoms with Gasteiger partial charge in [-0.1, -0.05) is 37.6 Å². The first-order chi connectivity index (χ1) is 6.93. The fourth-order valence-corrected chi connectivity index (χ4v) is 1.71. The predicted molar refractivity (Wildman–Crippen MR) is 61.7 cm³/mol. The molecule has 1 aromatic carbocycles. The first-order valence-electron chi connectivity index (χ1n) is 5.36. The molecule has 15 heavy (non-hydrogen) atoms. The Bertz CT molecular complexity index is 331. The Hall–Kier alpha value is -0.860. The molecule has 0 saturated carbocycles. The molecule has 0 aromatic heterocycles. The Morgan fingerprint density at radius 1 is 1.07 bits per heavy atom. The van der Waals surface area contributed by atoms with Gasteiger partial charge >= 0.3 is 0 Å². The third kappa shape index (κ3) is 2.80. The van der Waals surface area contributed by atoms with E-state index in [1.807, 2.05) is 45.9 Å². The summed E-state index contributed by atoms with van der Waals surface area (Å²) in [5.41, 5.74) is 3.02. The monoisotopic (exact) mass is 208 g/mol. The zero-order valence-electron chi connectivity index (χ0n) is 9.86. The first-order valence-corrected chi connectivity index (χ1v) is 5.36. The van der Waals surface area contributed by atoms with Crippen LogP contribution in [0.25, 0.3) is 0 Å². The molecular formula is C13H20O2. The zero-order chi connectivity index (χ0) is 11.6. The van der Waals surface area contributed by atoms with Crippen LogP contribution in [0.2, 0.25) is 0 Å². The molecule has 84 valence electrons. The first kappa shape index (κ1) is 12.2. The van der Waals surface area contributed by atoms with Crippen molar-refractivity contribution in [2.45, 2.75) is 39.9 Å². The van der Waals surface area contributed by atoms with Gasteiger partial charge in [0.05, 0.1) is 6.10 Å². The number of hydrogen-bond acceptors (Lipinski definition) is 2. The minimum absolute atomic E-state index is 0.0562. The second-order valence-electron chi connectivity index (χ2n) is 4.54. The summed E-state index contributed by atoms with van der Waals surface area (Å²) in [7, 11) is 0. The molecule has 2 N–H and O–H groups in total. The van der Waals surface area contributed by atoms with Gasteiger partial charge in [0.1, 0.15) is 6.10 Å². The van der Waals surface area contributed by atoms with Gasteiger partial charge in [-0.15, -0.1) is 0 Å².